The highest BCUT2D eigenvalue weighted by Gasteiger charge is 2.33. The summed E-state index contributed by atoms with van der Waals surface area (Å²) in [5, 5.41) is 9.42. The summed E-state index contributed by atoms with van der Waals surface area (Å²) in [4.78, 5) is 12.2. The second-order valence-corrected chi connectivity index (χ2v) is 5.56. The molecular formula is C18H20N2O3. The molecule has 1 unspecified atom stereocenters. The summed E-state index contributed by atoms with van der Waals surface area (Å²) in [5.41, 5.74) is 8.24. The SMILES string of the molecule is CCOC(=O)C1=COC(N)=C(C#N)C1c1ccc(C(C)C)cc1. The van der Waals surface area contributed by atoms with Crippen molar-refractivity contribution in [2.24, 2.45) is 5.73 Å². The molecule has 1 atom stereocenters. The van der Waals surface area contributed by atoms with Gasteiger partial charge in [-0.1, -0.05) is 38.1 Å². The molecule has 5 nitrogen and oxygen atoms in total. The highest BCUT2D eigenvalue weighted by Crippen LogP contribution is 2.37. The molecule has 0 aromatic heterocycles. The number of hydrogen-bond acceptors (Lipinski definition) is 5. The van der Waals surface area contributed by atoms with Crippen LogP contribution in [0.15, 0.2) is 47.6 Å². The number of hydrogen-bond donors (Lipinski definition) is 1. The van der Waals surface area contributed by atoms with Gasteiger partial charge in [0.05, 0.1) is 18.1 Å². The van der Waals surface area contributed by atoms with Crippen LogP contribution in [0.1, 0.15) is 43.7 Å². The molecule has 0 spiro atoms. The third-order valence-electron chi connectivity index (χ3n) is 3.75. The quantitative estimate of drug-likeness (QED) is 0.864. The maximum atomic E-state index is 12.2. The summed E-state index contributed by atoms with van der Waals surface area (Å²) < 4.78 is 10.2. The topological polar surface area (TPSA) is 85.3 Å². The van der Waals surface area contributed by atoms with Crippen LogP contribution in [-0.4, -0.2) is 12.6 Å². The van der Waals surface area contributed by atoms with Gasteiger partial charge in [0.1, 0.15) is 17.9 Å². The molecule has 23 heavy (non-hydrogen) atoms. The van der Waals surface area contributed by atoms with Crippen molar-refractivity contribution >= 4 is 5.97 Å². The summed E-state index contributed by atoms with van der Waals surface area (Å²) in [6.45, 7) is 6.18. The lowest BCUT2D eigenvalue weighted by molar-refractivity contribution is -0.139. The summed E-state index contributed by atoms with van der Waals surface area (Å²) >= 11 is 0. The van der Waals surface area contributed by atoms with Gasteiger partial charge < -0.3 is 15.2 Å². The van der Waals surface area contributed by atoms with Crippen molar-refractivity contribution in [3.05, 3.63) is 58.7 Å². The van der Waals surface area contributed by atoms with Gasteiger partial charge in [0, 0.05) is 0 Å². The van der Waals surface area contributed by atoms with Crippen LogP contribution in [0.5, 0.6) is 0 Å². The standard InChI is InChI=1S/C18H20N2O3/c1-4-22-18(21)15-10-23-17(20)14(9-19)16(15)13-7-5-12(6-8-13)11(2)3/h5-8,10-11,16H,4,20H2,1-3H3. The largest absolute Gasteiger partial charge is 0.463 e. The van der Waals surface area contributed by atoms with Gasteiger partial charge in [0.15, 0.2) is 0 Å². The third-order valence-corrected chi connectivity index (χ3v) is 3.75. The Labute approximate surface area is 136 Å². The molecular weight excluding hydrogens is 292 g/mol. The molecule has 0 amide bonds. The molecule has 1 aromatic carbocycles. The molecule has 0 saturated carbocycles. The van der Waals surface area contributed by atoms with Gasteiger partial charge in [-0.2, -0.15) is 5.26 Å². The number of esters is 1. The van der Waals surface area contributed by atoms with E-state index in [2.05, 4.69) is 13.8 Å². The van der Waals surface area contributed by atoms with E-state index in [4.69, 9.17) is 15.2 Å². The van der Waals surface area contributed by atoms with Gasteiger partial charge in [0.25, 0.3) is 0 Å². The monoisotopic (exact) mass is 312 g/mol. The van der Waals surface area contributed by atoms with Crippen molar-refractivity contribution < 1.29 is 14.3 Å². The molecule has 0 saturated heterocycles. The Morgan fingerprint density at radius 1 is 1.39 bits per heavy atom. The van der Waals surface area contributed by atoms with Crippen molar-refractivity contribution in [3.8, 4) is 6.07 Å². The third kappa shape index (κ3) is 3.37. The predicted octanol–water partition coefficient (Wildman–Crippen LogP) is 3.06. The van der Waals surface area contributed by atoms with Gasteiger partial charge >= 0.3 is 5.97 Å². The minimum atomic E-state index is -0.575. The second-order valence-electron chi connectivity index (χ2n) is 5.56. The lowest BCUT2D eigenvalue weighted by Gasteiger charge is -2.24. The van der Waals surface area contributed by atoms with Crippen LogP contribution in [0.25, 0.3) is 0 Å². The Morgan fingerprint density at radius 2 is 2.04 bits per heavy atom. The fourth-order valence-corrected chi connectivity index (χ4v) is 2.48. The zero-order chi connectivity index (χ0) is 17.0. The average molecular weight is 312 g/mol. The van der Waals surface area contributed by atoms with Crippen molar-refractivity contribution in [1.29, 1.82) is 5.26 Å². The number of rotatable bonds is 4. The van der Waals surface area contributed by atoms with E-state index in [0.717, 1.165) is 5.56 Å². The first-order valence-electron chi connectivity index (χ1n) is 7.53. The Kier molecular flexibility index (Phi) is 5.07. The number of benzene rings is 1. The number of nitrogens with two attached hydrogens (primary N) is 1. The first kappa shape index (κ1) is 16.6. The van der Waals surface area contributed by atoms with Gasteiger partial charge in [-0.3, -0.25) is 0 Å². The zero-order valence-corrected chi connectivity index (χ0v) is 13.5. The van der Waals surface area contributed by atoms with Crippen molar-refractivity contribution in [2.45, 2.75) is 32.6 Å². The zero-order valence-electron chi connectivity index (χ0n) is 13.5. The van der Waals surface area contributed by atoms with Crippen molar-refractivity contribution in [1.82, 2.24) is 0 Å². The Balaban J connectivity index is 2.46. The van der Waals surface area contributed by atoms with E-state index >= 15 is 0 Å². The molecule has 1 aliphatic rings. The highest BCUT2D eigenvalue weighted by atomic mass is 16.5. The van der Waals surface area contributed by atoms with Gasteiger partial charge in [-0.25, -0.2) is 4.79 Å². The molecule has 1 heterocycles. The Hall–Kier alpha value is -2.74. The summed E-state index contributed by atoms with van der Waals surface area (Å²) in [6, 6.07) is 9.84. The Morgan fingerprint density at radius 3 is 2.57 bits per heavy atom. The number of carbonyl (C=O) groups excluding carboxylic acids is 1. The van der Waals surface area contributed by atoms with Crippen LogP contribution in [0, 0.1) is 11.3 Å². The molecule has 0 fully saturated rings. The lowest BCUT2D eigenvalue weighted by Crippen LogP contribution is -2.23. The van der Waals surface area contributed by atoms with Crippen LogP contribution in [0.3, 0.4) is 0 Å². The summed E-state index contributed by atoms with van der Waals surface area (Å²) in [7, 11) is 0. The molecule has 120 valence electrons. The second kappa shape index (κ2) is 7.01. The minimum Gasteiger partial charge on any atom is -0.463 e. The van der Waals surface area contributed by atoms with Crippen molar-refractivity contribution in [3.63, 3.8) is 0 Å². The van der Waals surface area contributed by atoms with Gasteiger partial charge in [-0.05, 0) is 24.0 Å². The van der Waals surface area contributed by atoms with E-state index in [1.54, 1.807) is 6.92 Å². The van der Waals surface area contributed by atoms with Gasteiger partial charge in [-0.15, -0.1) is 0 Å². The number of carbonyl (C=O) groups is 1. The van der Waals surface area contributed by atoms with E-state index in [0.29, 0.717) is 5.92 Å². The fourth-order valence-electron chi connectivity index (χ4n) is 2.48. The predicted molar refractivity (Wildman–Crippen MR) is 85.9 cm³/mol. The smallest absolute Gasteiger partial charge is 0.338 e. The fraction of sp³-hybridized carbons (Fsp3) is 0.333. The van der Waals surface area contributed by atoms with Crippen LogP contribution >= 0.6 is 0 Å². The Bertz CT molecular complexity index is 694. The van der Waals surface area contributed by atoms with E-state index < -0.39 is 11.9 Å². The normalized spacial score (nSPS) is 17.3. The van der Waals surface area contributed by atoms with E-state index in [-0.39, 0.29) is 23.6 Å². The van der Waals surface area contributed by atoms with Crippen LogP contribution in [0.2, 0.25) is 0 Å². The summed E-state index contributed by atoms with van der Waals surface area (Å²) in [6.07, 6.45) is 1.27. The van der Waals surface area contributed by atoms with Crippen LogP contribution < -0.4 is 5.73 Å². The molecule has 5 heteroatoms. The minimum absolute atomic E-state index is 0.0125. The molecule has 0 aliphatic carbocycles. The first-order valence-corrected chi connectivity index (χ1v) is 7.53. The van der Waals surface area contributed by atoms with E-state index in [1.165, 1.54) is 11.8 Å². The average Bonchev–Trinajstić information content (AvgIpc) is 2.54. The van der Waals surface area contributed by atoms with Gasteiger partial charge in [0.2, 0.25) is 5.88 Å². The van der Waals surface area contributed by atoms with E-state index in [1.807, 2.05) is 30.3 Å². The van der Waals surface area contributed by atoms with Crippen molar-refractivity contribution in [2.75, 3.05) is 6.61 Å². The lowest BCUT2D eigenvalue weighted by atomic mass is 9.84. The molecule has 0 radical (unpaired) electrons. The van der Waals surface area contributed by atoms with Crippen LogP contribution in [0.4, 0.5) is 0 Å². The maximum absolute atomic E-state index is 12.2. The van der Waals surface area contributed by atoms with Crippen LogP contribution in [-0.2, 0) is 14.3 Å². The molecule has 0 bridgehead atoms. The molecule has 1 aromatic rings. The highest BCUT2D eigenvalue weighted by molar-refractivity contribution is 5.91. The number of nitriles is 1. The summed E-state index contributed by atoms with van der Waals surface area (Å²) in [5.74, 6) is -0.673. The number of nitrogens with zero attached hydrogens (tertiary/aromatic N) is 1. The van der Waals surface area contributed by atoms with E-state index in [9.17, 15) is 10.1 Å². The first-order chi connectivity index (χ1) is 11.0. The maximum Gasteiger partial charge on any atom is 0.338 e. The number of ether oxygens (including phenoxy) is 2. The molecule has 2 N–H and O–H groups in total. The number of allylic oxidation sites excluding steroid dienone is 1. The molecule has 1 aliphatic heterocycles. The molecule has 2 rings (SSSR count).